The third kappa shape index (κ3) is 11.5. The third-order valence-electron chi connectivity index (χ3n) is 9.48. The molecule has 7 nitrogen and oxygen atoms in total. The van der Waals surface area contributed by atoms with Crippen LogP contribution in [-0.2, 0) is 9.59 Å². The van der Waals surface area contributed by atoms with Crippen LogP contribution in [0.4, 0.5) is 8.78 Å². The molecular weight excluding hydrogens is 610 g/mol. The SMILES string of the molecule is CC/C=C(\C)C(\C=C/C(C)=C(CCCC)\C(CNC(/N=C\C=C(/C)C1CCCCC1)=C(C)CC)=C(\C)N)=NC(=O)C1C(C(=O)O)C1(F)F. The minimum atomic E-state index is -3.60. The van der Waals surface area contributed by atoms with E-state index in [0.717, 1.165) is 53.8 Å². The van der Waals surface area contributed by atoms with Gasteiger partial charge in [0.2, 0.25) is 0 Å². The number of carbonyl (C=O) groups excluding carboxylic acids is 1. The lowest BCUT2D eigenvalue weighted by Gasteiger charge is -2.22. The van der Waals surface area contributed by atoms with E-state index >= 15 is 0 Å². The van der Waals surface area contributed by atoms with Crippen LogP contribution >= 0.6 is 0 Å². The molecule has 0 radical (unpaired) electrons. The number of hydrogen-bond acceptors (Lipinski definition) is 5. The number of carboxylic acid groups (broad SMARTS) is 1. The van der Waals surface area contributed by atoms with Crippen molar-refractivity contribution in [2.45, 2.75) is 126 Å². The van der Waals surface area contributed by atoms with Gasteiger partial charge in [0.1, 0.15) is 17.7 Å². The number of aliphatic carboxylic acids is 1. The Morgan fingerprint density at radius 2 is 1.65 bits per heavy atom. The highest BCUT2D eigenvalue weighted by Gasteiger charge is 2.76. The second kappa shape index (κ2) is 19.4. The van der Waals surface area contributed by atoms with E-state index in [0.29, 0.717) is 30.2 Å². The highest BCUT2D eigenvalue weighted by molar-refractivity contribution is 6.14. The first-order valence-corrected chi connectivity index (χ1v) is 17.6. The number of rotatable bonds is 17. The summed E-state index contributed by atoms with van der Waals surface area (Å²) in [5.41, 5.74) is 13.5. The number of allylic oxidation sites excluding steroid dienone is 9. The standard InChI is InChI=1S/C39H58F2N4O3/c1-9-12-19-31(27(6)20-21-33(28(7)16-10-2)45-37(46)34-35(38(47)48)39(34,40)41)32(29(8)42)24-44-36(25(4)11-3)43-23-22-26(5)30-17-14-13-15-18-30/h16,20-23,30,34-35,44H,9-15,17-19,24,42H2,1-8H3,(H,47,48)/b21-20-,26-22+,28-16+,31-27-,32-29-,36-25?,43-23-,45-33?. The Morgan fingerprint density at radius 1 is 0.979 bits per heavy atom. The van der Waals surface area contributed by atoms with E-state index in [9.17, 15) is 18.4 Å². The average Bonchev–Trinajstić information content (AvgIpc) is 3.65. The maximum atomic E-state index is 14.1. The third-order valence-corrected chi connectivity index (χ3v) is 9.48. The summed E-state index contributed by atoms with van der Waals surface area (Å²) in [5.74, 6) is -8.96. The molecule has 2 fully saturated rings. The number of nitrogens with zero attached hydrogens (tertiary/aromatic N) is 2. The molecule has 2 saturated carbocycles. The van der Waals surface area contributed by atoms with Crippen LogP contribution in [-0.4, -0.2) is 41.4 Å². The maximum Gasteiger partial charge on any atom is 0.313 e. The Labute approximate surface area is 287 Å². The molecule has 2 atom stereocenters. The zero-order valence-electron chi connectivity index (χ0n) is 30.4. The van der Waals surface area contributed by atoms with Crippen molar-refractivity contribution in [1.29, 1.82) is 0 Å². The van der Waals surface area contributed by atoms with Crippen molar-refractivity contribution < 1.29 is 23.5 Å². The molecule has 0 saturated heterocycles. The average molecular weight is 669 g/mol. The molecular formula is C39H58F2N4O3. The smallest absolute Gasteiger partial charge is 0.313 e. The summed E-state index contributed by atoms with van der Waals surface area (Å²) < 4.78 is 28.2. The van der Waals surface area contributed by atoms with Gasteiger partial charge in [0.05, 0.1) is 5.71 Å². The Morgan fingerprint density at radius 3 is 2.19 bits per heavy atom. The fourth-order valence-electron chi connectivity index (χ4n) is 6.10. The van der Waals surface area contributed by atoms with Crippen LogP contribution in [0.5, 0.6) is 0 Å². The van der Waals surface area contributed by atoms with E-state index < -0.39 is 29.6 Å². The number of unbranched alkanes of at least 4 members (excludes halogenated alkanes) is 1. The van der Waals surface area contributed by atoms with Crippen molar-refractivity contribution in [3.8, 4) is 0 Å². The maximum absolute atomic E-state index is 14.1. The van der Waals surface area contributed by atoms with Gasteiger partial charge in [0.15, 0.2) is 0 Å². The quantitative estimate of drug-likeness (QED) is 0.105. The topological polar surface area (TPSA) is 117 Å². The van der Waals surface area contributed by atoms with E-state index in [-0.39, 0.29) is 5.71 Å². The van der Waals surface area contributed by atoms with Gasteiger partial charge in [0, 0.05) is 18.5 Å². The first kappa shape index (κ1) is 40.6. The van der Waals surface area contributed by atoms with Crippen molar-refractivity contribution in [2.24, 2.45) is 33.5 Å². The Balaban J connectivity index is 2.42. The van der Waals surface area contributed by atoms with E-state index in [4.69, 9.17) is 15.8 Å². The number of aliphatic imine (C=N–C) groups is 2. The molecule has 266 valence electrons. The Hall–Kier alpha value is -3.62. The summed E-state index contributed by atoms with van der Waals surface area (Å²) in [6, 6.07) is 0. The number of carbonyl (C=O) groups is 2. The Bertz CT molecular complexity index is 1400. The zero-order chi connectivity index (χ0) is 36.0. The lowest BCUT2D eigenvalue weighted by Crippen LogP contribution is -2.21. The second-order valence-electron chi connectivity index (χ2n) is 13.2. The fraction of sp³-hybridized carbons (Fsp3) is 0.590. The minimum absolute atomic E-state index is 0.228. The van der Waals surface area contributed by atoms with E-state index in [1.165, 1.54) is 37.7 Å². The number of amides is 1. The highest BCUT2D eigenvalue weighted by atomic mass is 19.3. The first-order chi connectivity index (χ1) is 22.7. The minimum Gasteiger partial charge on any atom is -0.481 e. The summed E-state index contributed by atoms with van der Waals surface area (Å²) >= 11 is 0. The van der Waals surface area contributed by atoms with Crippen LogP contribution in [0.3, 0.4) is 0 Å². The van der Waals surface area contributed by atoms with Gasteiger partial charge in [-0.15, -0.1) is 0 Å². The summed E-state index contributed by atoms with van der Waals surface area (Å²) in [6.07, 6.45) is 19.9. The number of carboxylic acids is 1. The van der Waals surface area contributed by atoms with E-state index in [1.807, 2.05) is 39.1 Å². The first-order valence-electron chi connectivity index (χ1n) is 17.6. The monoisotopic (exact) mass is 668 g/mol. The molecule has 2 aliphatic carbocycles. The molecule has 2 rings (SSSR count). The van der Waals surface area contributed by atoms with Gasteiger partial charge in [-0.05, 0) is 119 Å². The Kier molecular flexibility index (Phi) is 16.4. The summed E-state index contributed by atoms with van der Waals surface area (Å²) in [5, 5.41) is 12.7. The molecule has 1 amide bonds. The second-order valence-corrected chi connectivity index (χ2v) is 13.2. The van der Waals surface area contributed by atoms with Crippen LogP contribution in [0.15, 0.2) is 79.2 Å². The molecule has 0 aromatic heterocycles. The van der Waals surface area contributed by atoms with E-state index in [2.05, 4.69) is 44.1 Å². The molecule has 0 aromatic rings. The van der Waals surface area contributed by atoms with Gasteiger partial charge in [0.25, 0.3) is 11.8 Å². The van der Waals surface area contributed by atoms with Gasteiger partial charge < -0.3 is 16.2 Å². The summed E-state index contributed by atoms with van der Waals surface area (Å²) in [7, 11) is 0. The van der Waals surface area contributed by atoms with Gasteiger partial charge in [-0.2, -0.15) is 0 Å². The van der Waals surface area contributed by atoms with Crippen LogP contribution in [0.1, 0.15) is 120 Å². The zero-order valence-corrected chi connectivity index (χ0v) is 30.4. The number of nitrogens with two attached hydrogens (primary N) is 1. The van der Waals surface area contributed by atoms with Crippen molar-refractivity contribution in [3.63, 3.8) is 0 Å². The predicted octanol–water partition coefficient (Wildman–Crippen LogP) is 9.40. The number of alkyl halides is 2. The predicted molar refractivity (Wildman–Crippen MR) is 194 cm³/mol. The van der Waals surface area contributed by atoms with Gasteiger partial charge in [-0.1, -0.05) is 64.2 Å². The van der Waals surface area contributed by atoms with Gasteiger partial charge >= 0.3 is 5.97 Å². The molecule has 4 N–H and O–H groups in total. The molecule has 48 heavy (non-hydrogen) atoms. The highest BCUT2D eigenvalue weighted by Crippen LogP contribution is 2.56. The van der Waals surface area contributed by atoms with Crippen LogP contribution in [0, 0.1) is 17.8 Å². The van der Waals surface area contributed by atoms with Gasteiger partial charge in [-0.25, -0.2) is 18.8 Å². The molecule has 0 aromatic carbocycles. The van der Waals surface area contributed by atoms with Crippen molar-refractivity contribution in [3.05, 3.63) is 69.3 Å². The lowest BCUT2D eigenvalue weighted by molar-refractivity contribution is -0.141. The lowest BCUT2D eigenvalue weighted by atomic mass is 9.84. The number of hydrogen-bond donors (Lipinski definition) is 3. The summed E-state index contributed by atoms with van der Waals surface area (Å²) in [6.45, 7) is 16.5. The van der Waals surface area contributed by atoms with Crippen molar-refractivity contribution in [2.75, 3.05) is 6.54 Å². The molecule has 9 heteroatoms. The molecule has 0 heterocycles. The molecule has 2 unspecified atom stereocenters. The fourth-order valence-corrected chi connectivity index (χ4v) is 6.10. The number of nitrogens with one attached hydrogen (secondary N) is 1. The van der Waals surface area contributed by atoms with E-state index in [1.54, 1.807) is 13.0 Å². The van der Waals surface area contributed by atoms with Crippen LogP contribution in [0.25, 0.3) is 0 Å². The van der Waals surface area contributed by atoms with Crippen molar-refractivity contribution >= 4 is 23.8 Å². The molecule has 0 spiro atoms. The van der Waals surface area contributed by atoms with Crippen LogP contribution < -0.4 is 11.1 Å². The normalized spacial score (nSPS) is 22.4. The molecule has 2 aliphatic rings. The largest absolute Gasteiger partial charge is 0.481 e. The van der Waals surface area contributed by atoms with Crippen LogP contribution in [0.2, 0.25) is 0 Å². The number of halogens is 2. The molecule has 0 bridgehead atoms. The van der Waals surface area contributed by atoms with Gasteiger partial charge in [-0.3, -0.25) is 9.59 Å². The molecule has 0 aliphatic heterocycles. The van der Waals surface area contributed by atoms with Crippen molar-refractivity contribution in [1.82, 2.24) is 5.32 Å². The summed E-state index contributed by atoms with van der Waals surface area (Å²) in [4.78, 5) is 32.8.